The highest BCUT2D eigenvalue weighted by Crippen LogP contribution is 2.47. The van der Waals surface area contributed by atoms with Crippen LogP contribution in [0.25, 0.3) is 0 Å². The smallest absolute Gasteiger partial charge is 0.408 e. The third-order valence-electron chi connectivity index (χ3n) is 9.45. The first kappa shape index (κ1) is 41.8. The predicted octanol–water partition coefficient (Wildman–Crippen LogP) is 7.12. The quantitative estimate of drug-likeness (QED) is 0.103. The number of hydrogen-bond acceptors (Lipinski definition) is 13. The van der Waals surface area contributed by atoms with Crippen molar-refractivity contribution in [2.75, 3.05) is 19.5 Å². The molecule has 0 bridgehead atoms. The van der Waals surface area contributed by atoms with Crippen LogP contribution in [-0.2, 0) is 24.8 Å². The van der Waals surface area contributed by atoms with E-state index in [0.717, 1.165) is 0 Å². The number of nitrogens with one attached hydrogen (secondary N) is 2. The van der Waals surface area contributed by atoms with Gasteiger partial charge in [0.25, 0.3) is 8.32 Å². The fourth-order valence-electron chi connectivity index (χ4n) is 5.18. The molecule has 2 N–H and O–H groups in total. The lowest BCUT2D eigenvalue weighted by Crippen LogP contribution is -2.48. The molecule has 0 saturated heterocycles. The van der Waals surface area contributed by atoms with Crippen LogP contribution in [0.2, 0.25) is 18.1 Å². The van der Waals surface area contributed by atoms with E-state index in [2.05, 4.69) is 68.1 Å². The van der Waals surface area contributed by atoms with Crippen molar-refractivity contribution in [2.24, 2.45) is 5.92 Å². The molecule has 1 aromatic heterocycles. The number of thiocarbonyl (C=S) groups is 1. The van der Waals surface area contributed by atoms with Gasteiger partial charge in [-0.05, 0) is 57.7 Å². The molecule has 1 amide bonds. The summed E-state index contributed by atoms with van der Waals surface area (Å²) in [6.45, 7) is 21.5. The maximum atomic E-state index is 14.3. The van der Waals surface area contributed by atoms with Gasteiger partial charge in [0.2, 0.25) is 12.2 Å². The molecule has 0 fully saturated rings. The van der Waals surface area contributed by atoms with Crippen molar-refractivity contribution < 1.29 is 42.3 Å². The van der Waals surface area contributed by atoms with Gasteiger partial charge < -0.3 is 38.5 Å². The predicted molar refractivity (Wildman–Crippen MR) is 202 cm³/mol. The zero-order chi connectivity index (χ0) is 38.1. The lowest BCUT2D eigenvalue weighted by atomic mass is 9.99. The van der Waals surface area contributed by atoms with Gasteiger partial charge in [-0.1, -0.05) is 57.7 Å². The number of nitrogens with zero attached hydrogens (tertiary/aromatic N) is 2. The summed E-state index contributed by atoms with van der Waals surface area (Å²) < 4.78 is 34.8. The normalized spacial score (nSPS) is 18.3. The highest BCUT2D eigenvalue weighted by atomic mass is 32.2. The molecular formula is C35H52N4O9S2Si. The fraction of sp³-hybridized carbons (Fsp3) is 0.600. The summed E-state index contributed by atoms with van der Waals surface area (Å²) in [6.07, 6.45) is 0.184. The number of carbonyl (C=O) groups excluding carboxylic acids is 3. The lowest BCUT2D eigenvalue weighted by molar-refractivity contribution is -0.171. The molecule has 0 unspecified atom stereocenters. The second-order valence-electron chi connectivity index (χ2n) is 13.8. The number of esters is 2. The minimum Gasteiger partial charge on any atom is -0.543 e. The molecule has 0 aliphatic carbocycles. The first-order valence-corrected chi connectivity index (χ1v) is 21.4. The number of hydrogen-bond donors (Lipinski definition) is 2. The number of benzene rings is 1. The largest absolute Gasteiger partial charge is 0.543 e. The summed E-state index contributed by atoms with van der Waals surface area (Å²) in [5.74, 6) is 1.49. The molecule has 2 heterocycles. The molecule has 3 atom stereocenters. The van der Waals surface area contributed by atoms with E-state index >= 15 is 0 Å². The number of thioether (sulfide) groups is 1. The molecule has 13 nitrogen and oxygen atoms in total. The maximum absolute atomic E-state index is 14.3. The Bertz CT molecular complexity index is 1580. The molecule has 1 aliphatic heterocycles. The van der Waals surface area contributed by atoms with Gasteiger partial charge in [0, 0.05) is 35.1 Å². The van der Waals surface area contributed by atoms with Crippen LogP contribution in [0.15, 0.2) is 23.2 Å². The Balaban J connectivity index is 2.10. The number of rotatable bonds is 11. The topological polar surface area (TPSA) is 160 Å². The van der Waals surface area contributed by atoms with Crippen molar-refractivity contribution in [1.82, 2.24) is 20.8 Å². The highest BCUT2D eigenvalue weighted by molar-refractivity contribution is 7.98. The van der Waals surface area contributed by atoms with Gasteiger partial charge in [0.1, 0.15) is 30.2 Å². The lowest BCUT2D eigenvalue weighted by Gasteiger charge is -2.43. The van der Waals surface area contributed by atoms with Crippen molar-refractivity contribution in [2.45, 2.75) is 110 Å². The summed E-state index contributed by atoms with van der Waals surface area (Å²) in [4.78, 5) is 44.5. The van der Waals surface area contributed by atoms with E-state index in [0.29, 0.717) is 69.6 Å². The van der Waals surface area contributed by atoms with E-state index in [4.69, 9.17) is 40.1 Å². The van der Waals surface area contributed by atoms with Crippen LogP contribution in [0.4, 0.5) is 4.79 Å². The van der Waals surface area contributed by atoms with Crippen LogP contribution in [0.5, 0.6) is 11.5 Å². The Hall–Kier alpha value is -3.63. The Labute approximate surface area is 311 Å². The minimum absolute atomic E-state index is 0.0321. The number of aromatic nitrogens is 2. The van der Waals surface area contributed by atoms with E-state index in [1.165, 1.54) is 31.9 Å². The highest BCUT2D eigenvalue weighted by Gasteiger charge is 2.45. The molecule has 0 spiro atoms. The number of amides is 1. The summed E-state index contributed by atoms with van der Waals surface area (Å²) in [5.41, 5.74) is 1.43. The van der Waals surface area contributed by atoms with Gasteiger partial charge in [-0.2, -0.15) is 16.7 Å². The first-order chi connectivity index (χ1) is 23.9. The summed E-state index contributed by atoms with van der Waals surface area (Å²) in [5, 5.41) is 9.58. The van der Waals surface area contributed by atoms with Crippen LogP contribution in [0.3, 0.4) is 0 Å². The van der Waals surface area contributed by atoms with Crippen LogP contribution < -0.4 is 19.8 Å². The van der Waals surface area contributed by atoms with Crippen molar-refractivity contribution in [1.29, 1.82) is 0 Å². The minimum atomic E-state index is -2.50. The number of aryl methyl sites for hydroxylation is 1. The second-order valence-corrected chi connectivity index (χ2v) is 19.8. The molecule has 0 radical (unpaired) electrons. The van der Waals surface area contributed by atoms with Crippen LogP contribution in [0.1, 0.15) is 93.1 Å². The molecular weight excluding hydrogens is 713 g/mol. The summed E-state index contributed by atoms with van der Waals surface area (Å²) in [6, 6.07) is 0.328. The average molecular weight is 765 g/mol. The van der Waals surface area contributed by atoms with Gasteiger partial charge in [-0.3, -0.25) is 0 Å². The van der Waals surface area contributed by atoms with E-state index < -0.39 is 44.7 Å². The number of fused-ring (bicyclic) bond motifs is 1. The van der Waals surface area contributed by atoms with Crippen LogP contribution in [-0.4, -0.2) is 73.3 Å². The third kappa shape index (κ3) is 10.9. The van der Waals surface area contributed by atoms with Crippen LogP contribution >= 0.6 is 24.0 Å². The average Bonchev–Trinajstić information content (AvgIpc) is 3.49. The molecule has 3 rings (SSSR count). The molecule has 0 saturated carbocycles. The number of alkyl carbamates (subject to hydrolysis) is 1. The maximum Gasteiger partial charge on any atom is 0.408 e. The van der Waals surface area contributed by atoms with Gasteiger partial charge in [0.15, 0.2) is 5.82 Å². The van der Waals surface area contributed by atoms with Gasteiger partial charge in [-0.15, -0.1) is 0 Å². The SMILES string of the molecule is C=CCOC(=O)N[C@@H](C)C(=O)O[C@H]1CCCC(=S)N[C@H](c2nc(C)no2)CSCc2c(O[Si](C)(C)C(C)(C)C(C)C)cc(OC)c(C)c2C(=O)O1. The molecule has 2 aromatic rings. The summed E-state index contributed by atoms with van der Waals surface area (Å²) >= 11 is 7.21. The standard InChI is InChI=1S/C35H52N4O9S2Si/c1-12-16-44-34(42)36-22(5)32(40)45-29-15-13-14-28(49)38-25(31-37-23(6)39-47-31)19-50-18-24-27(48-51(10,11)35(7,8)20(2)3)17-26(43-9)21(4)30(24)33(41)46-29/h12,17,20,22,25,29H,1,13-16,18-19H2,2-11H3,(H,36,42)(H,38,49)/t22-,25-,29+/m0/s1. The first-order valence-electron chi connectivity index (χ1n) is 16.9. The van der Waals surface area contributed by atoms with Crippen LogP contribution in [0, 0.1) is 19.8 Å². The second kappa shape index (κ2) is 18.2. The van der Waals surface area contributed by atoms with E-state index in [9.17, 15) is 14.4 Å². The van der Waals surface area contributed by atoms with Crippen molar-refractivity contribution in [3.05, 3.63) is 47.1 Å². The molecule has 1 aliphatic rings. The number of carbonyl (C=O) groups is 3. The zero-order valence-electron chi connectivity index (χ0n) is 31.3. The van der Waals surface area contributed by atoms with Crippen molar-refractivity contribution in [3.63, 3.8) is 0 Å². The van der Waals surface area contributed by atoms with Crippen molar-refractivity contribution in [3.8, 4) is 11.5 Å². The summed E-state index contributed by atoms with van der Waals surface area (Å²) in [7, 11) is -0.961. The van der Waals surface area contributed by atoms with E-state index in [1.807, 2.05) is 6.07 Å². The Morgan fingerprint density at radius 3 is 2.57 bits per heavy atom. The van der Waals surface area contributed by atoms with Gasteiger partial charge in [-0.25, -0.2) is 14.4 Å². The molecule has 282 valence electrons. The third-order valence-corrected chi connectivity index (χ3v) is 15.2. The Morgan fingerprint density at radius 2 is 1.96 bits per heavy atom. The van der Waals surface area contributed by atoms with Crippen molar-refractivity contribution >= 4 is 55.3 Å². The number of methoxy groups -OCH3 is 1. The number of cyclic esters (lactones) is 1. The van der Waals surface area contributed by atoms with E-state index in [-0.39, 0.29) is 23.6 Å². The Kier molecular flexibility index (Phi) is 14.9. The molecule has 1 aromatic carbocycles. The fourth-order valence-corrected chi connectivity index (χ4v) is 8.92. The zero-order valence-corrected chi connectivity index (χ0v) is 33.9. The van der Waals surface area contributed by atoms with Gasteiger partial charge in [0.05, 0.1) is 17.7 Å². The Morgan fingerprint density at radius 1 is 1.25 bits per heavy atom. The number of ether oxygens (including phenoxy) is 4. The monoisotopic (exact) mass is 764 g/mol. The molecule has 16 heteroatoms. The van der Waals surface area contributed by atoms with E-state index in [1.54, 1.807) is 13.8 Å². The van der Waals surface area contributed by atoms with Gasteiger partial charge >= 0.3 is 18.0 Å². The molecule has 51 heavy (non-hydrogen) atoms.